The molecule has 0 aliphatic carbocycles. The van der Waals surface area contributed by atoms with E-state index in [4.69, 9.17) is 11.6 Å². The first-order valence-electron chi connectivity index (χ1n) is 3.96. The second-order valence-electron chi connectivity index (χ2n) is 3.05. The van der Waals surface area contributed by atoms with Crippen LogP contribution in [-0.2, 0) is 6.54 Å². The number of aromatic nitrogens is 2. The SMILES string of the molecule is CN(C)CCn1cc(Cl)cnc1=O. The summed E-state index contributed by atoms with van der Waals surface area (Å²) in [5.74, 6) is 0. The smallest absolute Gasteiger partial charge is 0.308 e. The van der Waals surface area contributed by atoms with Crippen LogP contribution in [0.1, 0.15) is 0 Å². The van der Waals surface area contributed by atoms with Crippen molar-refractivity contribution in [2.75, 3.05) is 20.6 Å². The van der Waals surface area contributed by atoms with E-state index in [1.54, 1.807) is 6.20 Å². The molecule has 1 heterocycles. The van der Waals surface area contributed by atoms with Gasteiger partial charge in [0.25, 0.3) is 0 Å². The summed E-state index contributed by atoms with van der Waals surface area (Å²) in [5, 5.41) is 0.485. The summed E-state index contributed by atoms with van der Waals surface area (Å²) in [6.07, 6.45) is 2.95. The van der Waals surface area contributed by atoms with Crippen molar-refractivity contribution in [1.82, 2.24) is 14.5 Å². The molecule has 0 saturated carbocycles. The summed E-state index contributed by atoms with van der Waals surface area (Å²) >= 11 is 5.70. The number of hydrogen-bond donors (Lipinski definition) is 0. The van der Waals surface area contributed by atoms with E-state index in [1.807, 2.05) is 19.0 Å². The fourth-order valence-electron chi connectivity index (χ4n) is 0.896. The molecule has 5 heteroatoms. The third-order valence-corrected chi connectivity index (χ3v) is 1.81. The Morgan fingerprint density at radius 2 is 2.31 bits per heavy atom. The van der Waals surface area contributed by atoms with Gasteiger partial charge in [-0.05, 0) is 14.1 Å². The fraction of sp³-hybridized carbons (Fsp3) is 0.500. The molecule has 13 heavy (non-hydrogen) atoms. The first-order chi connectivity index (χ1) is 6.09. The van der Waals surface area contributed by atoms with Gasteiger partial charge in [0, 0.05) is 19.3 Å². The third kappa shape index (κ3) is 3.16. The molecule has 1 rings (SSSR count). The Bertz CT molecular complexity index is 334. The van der Waals surface area contributed by atoms with E-state index in [-0.39, 0.29) is 5.69 Å². The van der Waals surface area contributed by atoms with Crippen molar-refractivity contribution in [2.24, 2.45) is 0 Å². The molecule has 0 bridgehead atoms. The van der Waals surface area contributed by atoms with Crippen molar-refractivity contribution in [3.05, 3.63) is 27.9 Å². The second-order valence-corrected chi connectivity index (χ2v) is 3.49. The molecule has 0 atom stereocenters. The highest BCUT2D eigenvalue weighted by molar-refractivity contribution is 6.30. The Morgan fingerprint density at radius 3 is 2.92 bits per heavy atom. The van der Waals surface area contributed by atoms with Crippen LogP contribution in [0.3, 0.4) is 0 Å². The molecule has 0 unspecified atom stereocenters. The quantitative estimate of drug-likeness (QED) is 0.713. The zero-order valence-corrected chi connectivity index (χ0v) is 8.45. The van der Waals surface area contributed by atoms with Crippen LogP contribution in [0.2, 0.25) is 5.02 Å². The third-order valence-electron chi connectivity index (χ3n) is 1.61. The predicted molar refractivity (Wildman–Crippen MR) is 52.1 cm³/mol. The first-order valence-corrected chi connectivity index (χ1v) is 4.34. The largest absolute Gasteiger partial charge is 0.347 e. The average molecular weight is 202 g/mol. The standard InChI is InChI=1S/C8H12ClN3O/c1-11(2)3-4-12-6-7(9)5-10-8(12)13/h5-6H,3-4H2,1-2H3. The minimum absolute atomic E-state index is 0.258. The van der Waals surface area contributed by atoms with E-state index in [9.17, 15) is 4.79 Å². The summed E-state index contributed by atoms with van der Waals surface area (Å²) in [4.78, 5) is 16.8. The van der Waals surface area contributed by atoms with Crippen LogP contribution >= 0.6 is 11.6 Å². The lowest BCUT2D eigenvalue weighted by Crippen LogP contribution is -2.27. The van der Waals surface area contributed by atoms with Gasteiger partial charge in [0.1, 0.15) is 0 Å². The van der Waals surface area contributed by atoms with E-state index in [0.717, 1.165) is 6.54 Å². The van der Waals surface area contributed by atoms with Gasteiger partial charge in [-0.15, -0.1) is 0 Å². The van der Waals surface area contributed by atoms with Crippen LogP contribution in [0.15, 0.2) is 17.2 Å². The Hall–Kier alpha value is -0.870. The van der Waals surface area contributed by atoms with Gasteiger partial charge in [0.05, 0.1) is 11.2 Å². The van der Waals surface area contributed by atoms with Crippen LogP contribution < -0.4 is 5.69 Å². The molecule has 0 aliphatic heterocycles. The zero-order chi connectivity index (χ0) is 9.84. The van der Waals surface area contributed by atoms with Crippen molar-refractivity contribution >= 4 is 11.6 Å². The number of hydrogen-bond acceptors (Lipinski definition) is 3. The van der Waals surface area contributed by atoms with E-state index < -0.39 is 0 Å². The molecule has 1 aromatic heterocycles. The monoisotopic (exact) mass is 201 g/mol. The van der Waals surface area contributed by atoms with Crippen molar-refractivity contribution < 1.29 is 0 Å². The lowest BCUT2D eigenvalue weighted by molar-refractivity contribution is 0.379. The molecule has 4 nitrogen and oxygen atoms in total. The number of rotatable bonds is 3. The van der Waals surface area contributed by atoms with Crippen molar-refractivity contribution in [1.29, 1.82) is 0 Å². The molecule has 0 N–H and O–H groups in total. The van der Waals surface area contributed by atoms with Gasteiger partial charge in [0.15, 0.2) is 0 Å². The maximum atomic E-state index is 11.2. The van der Waals surface area contributed by atoms with E-state index >= 15 is 0 Å². The molecule has 1 aromatic rings. The van der Waals surface area contributed by atoms with Crippen molar-refractivity contribution in [3.8, 4) is 0 Å². The van der Waals surface area contributed by atoms with Crippen LogP contribution in [0.25, 0.3) is 0 Å². The number of likely N-dealkylation sites (N-methyl/N-ethyl adjacent to an activating group) is 1. The minimum Gasteiger partial charge on any atom is -0.308 e. The topological polar surface area (TPSA) is 38.1 Å². The maximum absolute atomic E-state index is 11.2. The van der Waals surface area contributed by atoms with Crippen LogP contribution in [0.5, 0.6) is 0 Å². The highest BCUT2D eigenvalue weighted by atomic mass is 35.5. The van der Waals surface area contributed by atoms with Crippen LogP contribution in [0, 0.1) is 0 Å². The fourth-order valence-corrected chi connectivity index (χ4v) is 1.06. The first kappa shape index (κ1) is 10.2. The molecular weight excluding hydrogens is 190 g/mol. The van der Waals surface area contributed by atoms with E-state index in [0.29, 0.717) is 11.6 Å². The predicted octanol–water partition coefficient (Wildman–Crippen LogP) is 0.458. The molecule has 72 valence electrons. The van der Waals surface area contributed by atoms with E-state index in [2.05, 4.69) is 4.98 Å². The Kier molecular flexibility index (Phi) is 3.45. The molecule has 0 amide bonds. The molecule has 0 saturated heterocycles. The molecule has 0 aliphatic rings. The average Bonchev–Trinajstić information content (AvgIpc) is 2.06. The molecule has 0 radical (unpaired) electrons. The van der Waals surface area contributed by atoms with Gasteiger partial charge in [0.2, 0.25) is 0 Å². The highest BCUT2D eigenvalue weighted by Gasteiger charge is 1.98. The lowest BCUT2D eigenvalue weighted by atomic mass is 10.5. The highest BCUT2D eigenvalue weighted by Crippen LogP contribution is 2.00. The van der Waals surface area contributed by atoms with Crippen LogP contribution in [0.4, 0.5) is 0 Å². The van der Waals surface area contributed by atoms with Crippen molar-refractivity contribution in [2.45, 2.75) is 6.54 Å². The van der Waals surface area contributed by atoms with Gasteiger partial charge < -0.3 is 4.90 Å². The van der Waals surface area contributed by atoms with Gasteiger partial charge >= 0.3 is 5.69 Å². The Morgan fingerprint density at radius 1 is 1.62 bits per heavy atom. The summed E-state index contributed by atoms with van der Waals surface area (Å²) in [5.41, 5.74) is -0.258. The molecule has 0 aromatic carbocycles. The molecular formula is C8H12ClN3O. The minimum atomic E-state index is -0.258. The summed E-state index contributed by atoms with van der Waals surface area (Å²) in [7, 11) is 3.89. The van der Waals surface area contributed by atoms with Crippen LogP contribution in [-0.4, -0.2) is 35.1 Å². The number of nitrogens with zero attached hydrogens (tertiary/aromatic N) is 3. The van der Waals surface area contributed by atoms with Crippen molar-refractivity contribution in [3.63, 3.8) is 0 Å². The number of halogens is 1. The molecule has 0 spiro atoms. The second kappa shape index (κ2) is 4.39. The normalized spacial score (nSPS) is 10.8. The van der Waals surface area contributed by atoms with Gasteiger partial charge in [-0.2, -0.15) is 0 Å². The summed E-state index contributed by atoms with van der Waals surface area (Å²) < 4.78 is 1.50. The van der Waals surface area contributed by atoms with E-state index in [1.165, 1.54) is 10.8 Å². The van der Waals surface area contributed by atoms with Gasteiger partial charge in [-0.1, -0.05) is 11.6 Å². The van der Waals surface area contributed by atoms with Gasteiger partial charge in [-0.25, -0.2) is 9.78 Å². The Balaban J connectivity index is 2.76. The lowest BCUT2D eigenvalue weighted by Gasteiger charge is -2.10. The maximum Gasteiger partial charge on any atom is 0.347 e. The zero-order valence-electron chi connectivity index (χ0n) is 7.70. The summed E-state index contributed by atoms with van der Waals surface area (Å²) in [6, 6.07) is 0. The van der Waals surface area contributed by atoms with Gasteiger partial charge in [-0.3, -0.25) is 4.57 Å². The Labute approximate surface area is 81.8 Å². The summed E-state index contributed by atoms with van der Waals surface area (Å²) in [6.45, 7) is 1.40. The molecule has 0 fully saturated rings.